The fourth-order valence-corrected chi connectivity index (χ4v) is 4.40. The Labute approximate surface area is 204 Å². The smallest absolute Gasteiger partial charge is 0.321 e. The molecule has 1 saturated heterocycles. The van der Waals surface area contributed by atoms with E-state index >= 15 is 0 Å². The van der Waals surface area contributed by atoms with Crippen molar-refractivity contribution in [2.75, 3.05) is 31.5 Å². The monoisotopic (exact) mass is 465 g/mol. The van der Waals surface area contributed by atoms with Crippen LogP contribution in [-0.4, -0.2) is 52.9 Å². The average molecular weight is 466 g/mol. The van der Waals surface area contributed by atoms with Crippen molar-refractivity contribution in [2.45, 2.75) is 6.54 Å². The molecule has 5 rings (SSSR count). The van der Waals surface area contributed by atoms with Gasteiger partial charge in [-0.2, -0.15) is 0 Å². The zero-order chi connectivity index (χ0) is 24.2. The van der Waals surface area contributed by atoms with E-state index in [-0.39, 0.29) is 6.03 Å². The van der Waals surface area contributed by atoms with Gasteiger partial charge in [0.2, 0.25) is 5.91 Å². The van der Waals surface area contributed by atoms with Crippen LogP contribution in [0.15, 0.2) is 85.1 Å². The second-order valence-electron chi connectivity index (χ2n) is 8.76. The van der Waals surface area contributed by atoms with Gasteiger partial charge in [0.15, 0.2) is 0 Å². The second kappa shape index (κ2) is 9.95. The van der Waals surface area contributed by atoms with Crippen molar-refractivity contribution in [3.8, 4) is 11.1 Å². The van der Waals surface area contributed by atoms with Gasteiger partial charge >= 0.3 is 6.03 Å². The summed E-state index contributed by atoms with van der Waals surface area (Å²) in [5.41, 5.74) is 10.5. The lowest BCUT2D eigenvalue weighted by atomic mass is 10.0. The van der Waals surface area contributed by atoms with Crippen molar-refractivity contribution in [1.82, 2.24) is 14.8 Å². The molecule has 1 aliphatic heterocycles. The highest BCUT2D eigenvalue weighted by Gasteiger charge is 2.21. The predicted molar refractivity (Wildman–Crippen MR) is 138 cm³/mol. The quantitative estimate of drug-likeness (QED) is 0.458. The molecule has 7 nitrogen and oxygen atoms in total. The van der Waals surface area contributed by atoms with E-state index in [1.54, 1.807) is 18.2 Å². The molecule has 3 amide bonds. The number of primary amides is 1. The Morgan fingerprint density at radius 3 is 2.40 bits per heavy atom. The summed E-state index contributed by atoms with van der Waals surface area (Å²) < 4.78 is 0. The van der Waals surface area contributed by atoms with Gasteiger partial charge in [-0.1, -0.05) is 42.5 Å². The summed E-state index contributed by atoms with van der Waals surface area (Å²) in [6.45, 7) is 3.75. The van der Waals surface area contributed by atoms with Crippen LogP contribution in [-0.2, 0) is 6.54 Å². The Morgan fingerprint density at radius 2 is 1.60 bits per heavy atom. The molecule has 1 fully saturated rings. The standard InChI is InChI=1S/C28H27N5O2/c29-27(34)24-8-3-6-21(16-24)22-7-4-9-25(17-22)31-28(35)33-13-11-32(12-14-33)19-20-15-23-5-1-2-10-26(23)30-18-20/h1-10,15-18H,11-14,19H2,(H2,29,34)(H,31,35). The highest BCUT2D eigenvalue weighted by molar-refractivity contribution is 5.94. The summed E-state index contributed by atoms with van der Waals surface area (Å²) >= 11 is 0. The Morgan fingerprint density at radius 1 is 0.857 bits per heavy atom. The maximum atomic E-state index is 12.9. The molecule has 3 aromatic carbocycles. The molecule has 176 valence electrons. The third-order valence-electron chi connectivity index (χ3n) is 6.31. The van der Waals surface area contributed by atoms with Crippen LogP contribution < -0.4 is 11.1 Å². The van der Waals surface area contributed by atoms with Crippen LogP contribution in [0.3, 0.4) is 0 Å². The summed E-state index contributed by atoms with van der Waals surface area (Å²) in [4.78, 5) is 33.1. The van der Waals surface area contributed by atoms with Crippen LogP contribution in [0.5, 0.6) is 0 Å². The van der Waals surface area contributed by atoms with Gasteiger partial charge in [-0.15, -0.1) is 0 Å². The van der Waals surface area contributed by atoms with E-state index in [0.717, 1.165) is 41.7 Å². The highest BCUT2D eigenvalue weighted by atomic mass is 16.2. The Balaban J connectivity index is 1.18. The van der Waals surface area contributed by atoms with E-state index in [4.69, 9.17) is 5.73 Å². The minimum Gasteiger partial charge on any atom is -0.366 e. The SMILES string of the molecule is NC(=O)c1cccc(-c2cccc(NC(=O)N3CCN(Cc4cnc5ccccc5c4)CC3)c2)c1. The van der Waals surface area contributed by atoms with Crippen LogP contribution in [0.25, 0.3) is 22.0 Å². The number of anilines is 1. The zero-order valence-corrected chi connectivity index (χ0v) is 19.4. The molecule has 0 unspecified atom stereocenters. The van der Waals surface area contributed by atoms with Gasteiger partial charge in [0.05, 0.1) is 5.52 Å². The fraction of sp³-hybridized carbons (Fsp3) is 0.179. The van der Waals surface area contributed by atoms with E-state index in [1.807, 2.05) is 59.6 Å². The molecule has 3 N–H and O–H groups in total. The molecule has 0 radical (unpaired) electrons. The zero-order valence-electron chi connectivity index (χ0n) is 19.4. The molecule has 0 saturated carbocycles. The Kier molecular flexibility index (Phi) is 6.41. The van der Waals surface area contributed by atoms with Gasteiger partial charge in [-0.25, -0.2) is 4.79 Å². The first kappa shape index (κ1) is 22.6. The van der Waals surface area contributed by atoms with Crippen LogP contribution >= 0.6 is 0 Å². The van der Waals surface area contributed by atoms with E-state index in [2.05, 4.69) is 27.3 Å². The molecule has 4 aromatic rings. The van der Waals surface area contributed by atoms with Crippen LogP contribution in [0.2, 0.25) is 0 Å². The van der Waals surface area contributed by atoms with Crippen molar-refractivity contribution in [2.24, 2.45) is 5.73 Å². The second-order valence-corrected chi connectivity index (χ2v) is 8.76. The summed E-state index contributed by atoms with van der Waals surface area (Å²) in [6, 6.07) is 25.0. The molecule has 0 aliphatic carbocycles. The van der Waals surface area contributed by atoms with E-state index in [9.17, 15) is 9.59 Å². The number of nitrogens with two attached hydrogens (primary N) is 1. The molecule has 0 bridgehead atoms. The fourth-order valence-electron chi connectivity index (χ4n) is 4.40. The van der Waals surface area contributed by atoms with Crippen molar-refractivity contribution in [1.29, 1.82) is 0 Å². The van der Waals surface area contributed by atoms with Crippen molar-refractivity contribution < 1.29 is 9.59 Å². The van der Waals surface area contributed by atoms with Gasteiger partial charge in [0.1, 0.15) is 0 Å². The molecule has 1 aromatic heterocycles. The minimum absolute atomic E-state index is 0.111. The van der Waals surface area contributed by atoms with E-state index in [0.29, 0.717) is 24.3 Å². The number of piperazine rings is 1. The maximum Gasteiger partial charge on any atom is 0.321 e. The van der Waals surface area contributed by atoms with Gasteiger partial charge < -0.3 is 16.0 Å². The van der Waals surface area contributed by atoms with Crippen molar-refractivity contribution in [3.63, 3.8) is 0 Å². The number of hydrogen-bond acceptors (Lipinski definition) is 4. The molecule has 0 spiro atoms. The molecule has 2 heterocycles. The Hall–Kier alpha value is -4.23. The number of aromatic nitrogens is 1. The van der Waals surface area contributed by atoms with Crippen LogP contribution in [0.4, 0.5) is 10.5 Å². The third kappa shape index (κ3) is 5.31. The lowest BCUT2D eigenvalue weighted by Crippen LogP contribution is -2.49. The Bertz CT molecular complexity index is 1380. The number of rotatable bonds is 5. The van der Waals surface area contributed by atoms with Gasteiger partial charge in [0.25, 0.3) is 0 Å². The number of benzene rings is 3. The largest absolute Gasteiger partial charge is 0.366 e. The molecular formula is C28H27N5O2. The van der Waals surface area contributed by atoms with Crippen LogP contribution in [0.1, 0.15) is 15.9 Å². The number of para-hydroxylation sites is 1. The summed E-state index contributed by atoms with van der Waals surface area (Å²) in [6.07, 6.45) is 1.94. The lowest BCUT2D eigenvalue weighted by molar-refractivity contribution is 0.1000. The van der Waals surface area contributed by atoms with E-state index in [1.165, 1.54) is 5.56 Å². The number of amides is 3. The van der Waals surface area contributed by atoms with Gasteiger partial charge in [-0.3, -0.25) is 14.7 Å². The summed E-state index contributed by atoms with van der Waals surface area (Å²) in [5, 5.41) is 4.16. The number of fused-ring (bicyclic) bond motifs is 1. The first-order valence-electron chi connectivity index (χ1n) is 11.7. The first-order valence-corrected chi connectivity index (χ1v) is 11.7. The summed E-state index contributed by atoms with van der Waals surface area (Å²) in [7, 11) is 0. The normalized spacial score (nSPS) is 14.1. The number of carbonyl (C=O) groups is 2. The van der Waals surface area contributed by atoms with Crippen molar-refractivity contribution in [3.05, 3.63) is 96.2 Å². The molecule has 7 heteroatoms. The number of nitrogens with zero attached hydrogens (tertiary/aromatic N) is 3. The number of pyridine rings is 1. The van der Waals surface area contributed by atoms with Crippen molar-refractivity contribution >= 4 is 28.5 Å². The van der Waals surface area contributed by atoms with E-state index < -0.39 is 5.91 Å². The molecular weight excluding hydrogens is 438 g/mol. The van der Waals surface area contributed by atoms with Crippen LogP contribution in [0, 0.1) is 0 Å². The number of nitrogens with one attached hydrogen (secondary N) is 1. The van der Waals surface area contributed by atoms with Gasteiger partial charge in [-0.05, 0) is 53.1 Å². The predicted octanol–water partition coefficient (Wildman–Crippen LogP) is 4.35. The number of urea groups is 1. The summed E-state index contributed by atoms with van der Waals surface area (Å²) in [5.74, 6) is -0.465. The number of hydrogen-bond donors (Lipinski definition) is 2. The molecule has 35 heavy (non-hydrogen) atoms. The average Bonchev–Trinajstić information content (AvgIpc) is 2.89. The third-order valence-corrected chi connectivity index (χ3v) is 6.31. The molecule has 0 atom stereocenters. The minimum atomic E-state index is -0.465. The lowest BCUT2D eigenvalue weighted by Gasteiger charge is -2.34. The number of carbonyl (C=O) groups excluding carboxylic acids is 2. The topological polar surface area (TPSA) is 91.6 Å². The first-order chi connectivity index (χ1) is 17.0. The highest BCUT2D eigenvalue weighted by Crippen LogP contribution is 2.24. The maximum absolute atomic E-state index is 12.9. The van der Waals surface area contributed by atoms with Gasteiger partial charge in [0, 0.05) is 55.6 Å². The molecule has 1 aliphatic rings.